The van der Waals surface area contributed by atoms with E-state index < -0.39 is 0 Å². The van der Waals surface area contributed by atoms with E-state index in [1.807, 2.05) is 6.92 Å². The van der Waals surface area contributed by atoms with Crippen LogP contribution in [-0.4, -0.2) is 15.4 Å². The third-order valence-corrected chi connectivity index (χ3v) is 3.23. The minimum Gasteiger partial charge on any atom is -0.494 e. The lowest BCUT2D eigenvalue weighted by molar-refractivity contribution is 0.340. The fourth-order valence-corrected chi connectivity index (χ4v) is 1.88. The van der Waals surface area contributed by atoms with Crippen LogP contribution in [0.15, 0.2) is 24.3 Å². The molecule has 1 radical (unpaired) electrons. The van der Waals surface area contributed by atoms with Gasteiger partial charge in [0.05, 0.1) is 15.4 Å². The Hall–Kier alpha value is -0.763. The molecule has 1 rings (SSSR count). The van der Waals surface area contributed by atoms with Gasteiger partial charge in [0.25, 0.3) is 0 Å². The summed E-state index contributed by atoms with van der Waals surface area (Å²) in [5, 5.41) is 1.46. The Morgan fingerprint density at radius 1 is 1.17 bits per heavy atom. The molecule has 0 amide bonds. The van der Waals surface area contributed by atoms with E-state index in [2.05, 4.69) is 37.4 Å². The first-order valence-corrected chi connectivity index (χ1v) is 6.77. The van der Waals surface area contributed by atoms with Crippen LogP contribution in [0.4, 0.5) is 0 Å². The van der Waals surface area contributed by atoms with Gasteiger partial charge in [0.1, 0.15) is 5.75 Å². The molecule has 0 N–H and O–H groups in total. The first-order valence-electron chi connectivity index (χ1n) is 4.27. The van der Waals surface area contributed by atoms with E-state index in [9.17, 15) is 0 Å². The van der Waals surface area contributed by atoms with Crippen molar-refractivity contribution in [3.05, 3.63) is 24.3 Å². The molecule has 0 aliphatic heterocycles. The van der Waals surface area contributed by atoms with Crippen LogP contribution < -0.4 is 9.92 Å². The van der Waals surface area contributed by atoms with E-state index >= 15 is 0 Å². The molecule has 0 fully saturated rings. The topological polar surface area (TPSA) is 9.23 Å². The van der Waals surface area contributed by atoms with Crippen molar-refractivity contribution in [3.8, 4) is 5.75 Å². The van der Waals surface area contributed by atoms with Crippen LogP contribution in [0.3, 0.4) is 0 Å². The Balaban J connectivity index is 2.71. The molecule has 1 aromatic rings. The normalized spacial score (nSPS) is 10.3. The second kappa shape index (κ2) is 4.31. The molecule has 0 unspecified atom stereocenters. The lowest BCUT2D eigenvalue weighted by Gasteiger charge is -2.05. The monoisotopic (exact) mass is 179 g/mol. The summed E-state index contributed by atoms with van der Waals surface area (Å²) in [6.07, 6.45) is 0. The summed E-state index contributed by atoms with van der Waals surface area (Å²) in [7, 11) is -0.299. The Morgan fingerprint density at radius 2 is 1.75 bits per heavy atom. The summed E-state index contributed by atoms with van der Waals surface area (Å²) >= 11 is 0. The van der Waals surface area contributed by atoms with Crippen LogP contribution in [0, 0.1) is 0 Å². The Labute approximate surface area is 76.0 Å². The van der Waals surface area contributed by atoms with Crippen LogP contribution >= 0.6 is 0 Å². The highest BCUT2D eigenvalue weighted by Gasteiger charge is 1.99. The van der Waals surface area contributed by atoms with Gasteiger partial charge in [0.2, 0.25) is 0 Å². The molecule has 65 valence electrons. The van der Waals surface area contributed by atoms with Crippen molar-refractivity contribution < 1.29 is 4.74 Å². The molecular formula is C10H15OSi. The number of benzene rings is 1. The molecule has 0 aliphatic rings. The molecule has 0 spiro atoms. The first kappa shape index (κ1) is 9.33. The summed E-state index contributed by atoms with van der Waals surface area (Å²) in [5.74, 6) is 0.976. The van der Waals surface area contributed by atoms with Crippen molar-refractivity contribution in [1.29, 1.82) is 0 Å². The lowest BCUT2D eigenvalue weighted by Crippen LogP contribution is -2.21. The van der Waals surface area contributed by atoms with Gasteiger partial charge < -0.3 is 4.74 Å². The molecule has 0 aromatic heterocycles. The second-order valence-corrected chi connectivity index (χ2v) is 5.53. The summed E-state index contributed by atoms with van der Waals surface area (Å²) in [6, 6.07) is 8.44. The highest BCUT2D eigenvalue weighted by Crippen LogP contribution is 2.07. The smallest absolute Gasteiger partial charge is 0.119 e. The van der Waals surface area contributed by atoms with E-state index in [1.54, 1.807) is 0 Å². The SMILES string of the molecule is CCOc1ccc([Si](C)C)cc1. The van der Waals surface area contributed by atoms with Gasteiger partial charge in [-0.25, -0.2) is 0 Å². The lowest BCUT2D eigenvalue weighted by atomic mass is 10.3. The summed E-state index contributed by atoms with van der Waals surface area (Å²) in [6.45, 7) is 7.33. The summed E-state index contributed by atoms with van der Waals surface area (Å²) in [4.78, 5) is 0. The Kier molecular flexibility index (Phi) is 3.35. The molecule has 0 saturated heterocycles. The summed E-state index contributed by atoms with van der Waals surface area (Å²) < 4.78 is 5.35. The summed E-state index contributed by atoms with van der Waals surface area (Å²) in [5.41, 5.74) is 0. The predicted octanol–water partition coefficient (Wildman–Crippen LogP) is 2.05. The molecule has 2 heteroatoms. The fourth-order valence-electron chi connectivity index (χ4n) is 1.05. The highest BCUT2D eigenvalue weighted by atomic mass is 28.3. The van der Waals surface area contributed by atoms with Gasteiger partial charge in [0, 0.05) is 0 Å². The van der Waals surface area contributed by atoms with Crippen LogP contribution in [0.2, 0.25) is 13.1 Å². The maximum absolute atomic E-state index is 5.35. The van der Waals surface area contributed by atoms with Crippen LogP contribution in [-0.2, 0) is 0 Å². The number of rotatable bonds is 3. The predicted molar refractivity (Wildman–Crippen MR) is 54.7 cm³/mol. The van der Waals surface area contributed by atoms with Crippen LogP contribution in [0.1, 0.15) is 6.92 Å². The zero-order chi connectivity index (χ0) is 8.97. The molecule has 12 heavy (non-hydrogen) atoms. The van der Waals surface area contributed by atoms with Gasteiger partial charge in [-0.1, -0.05) is 30.4 Å². The van der Waals surface area contributed by atoms with Crippen molar-refractivity contribution in [2.24, 2.45) is 0 Å². The minimum absolute atomic E-state index is 0.299. The molecule has 0 bridgehead atoms. The maximum atomic E-state index is 5.35. The highest BCUT2D eigenvalue weighted by molar-refractivity contribution is 6.70. The number of hydrogen-bond acceptors (Lipinski definition) is 1. The number of hydrogen-bond donors (Lipinski definition) is 0. The third kappa shape index (κ3) is 2.38. The van der Waals surface area contributed by atoms with E-state index in [0.29, 0.717) is 0 Å². The van der Waals surface area contributed by atoms with Gasteiger partial charge in [0.15, 0.2) is 0 Å². The average Bonchev–Trinajstić information content (AvgIpc) is 2.06. The van der Waals surface area contributed by atoms with Crippen LogP contribution in [0.25, 0.3) is 0 Å². The van der Waals surface area contributed by atoms with Crippen molar-refractivity contribution in [2.75, 3.05) is 6.61 Å². The molecule has 1 aromatic carbocycles. The standard InChI is InChI=1S/C10H15OSi/c1-4-11-9-5-7-10(8-6-9)12(2)3/h5-8H,4H2,1-3H3. The van der Waals surface area contributed by atoms with E-state index in [0.717, 1.165) is 12.4 Å². The second-order valence-electron chi connectivity index (χ2n) is 2.96. The largest absolute Gasteiger partial charge is 0.494 e. The maximum Gasteiger partial charge on any atom is 0.119 e. The van der Waals surface area contributed by atoms with Crippen molar-refractivity contribution in [3.63, 3.8) is 0 Å². The first-order chi connectivity index (χ1) is 5.74. The minimum atomic E-state index is -0.299. The zero-order valence-corrected chi connectivity index (χ0v) is 8.92. The van der Waals surface area contributed by atoms with Gasteiger partial charge in [-0.2, -0.15) is 0 Å². The zero-order valence-electron chi connectivity index (χ0n) is 7.92. The molecule has 1 nitrogen and oxygen atoms in total. The molecule has 0 atom stereocenters. The quantitative estimate of drug-likeness (QED) is 0.645. The Bertz CT molecular complexity index is 228. The van der Waals surface area contributed by atoms with Crippen molar-refractivity contribution in [2.45, 2.75) is 20.0 Å². The van der Waals surface area contributed by atoms with E-state index in [-0.39, 0.29) is 8.80 Å². The van der Waals surface area contributed by atoms with Crippen molar-refractivity contribution in [1.82, 2.24) is 0 Å². The molecule has 0 heterocycles. The number of ether oxygens (including phenoxy) is 1. The average molecular weight is 179 g/mol. The third-order valence-electron chi connectivity index (χ3n) is 1.74. The fraction of sp³-hybridized carbons (Fsp3) is 0.400. The van der Waals surface area contributed by atoms with Gasteiger partial charge >= 0.3 is 0 Å². The van der Waals surface area contributed by atoms with Gasteiger partial charge in [-0.3, -0.25) is 0 Å². The van der Waals surface area contributed by atoms with Gasteiger partial charge in [-0.15, -0.1) is 0 Å². The van der Waals surface area contributed by atoms with E-state index in [4.69, 9.17) is 4.74 Å². The van der Waals surface area contributed by atoms with Gasteiger partial charge in [-0.05, 0) is 19.1 Å². The van der Waals surface area contributed by atoms with Crippen molar-refractivity contribution >= 4 is 14.0 Å². The Morgan fingerprint density at radius 3 is 2.17 bits per heavy atom. The molecule has 0 saturated carbocycles. The molecular weight excluding hydrogens is 164 g/mol. The van der Waals surface area contributed by atoms with E-state index in [1.165, 1.54) is 5.19 Å². The van der Waals surface area contributed by atoms with Crippen LogP contribution in [0.5, 0.6) is 5.75 Å². The molecule has 0 aliphatic carbocycles.